The van der Waals surface area contributed by atoms with E-state index in [1.54, 1.807) is 12.3 Å². The van der Waals surface area contributed by atoms with Crippen molar-refractivity contribution in [3.05, 3.63) is 29.0 Å². The number of alkyl halides is 1. The van der Waals surface area contributed by atoms with Crippen LogP contribution in [0, 0.1) is 0 Å². The van der Waals surface area contributed by atoms with E-state index in [9.17, 15) is 4.79 Å². The highest BCUT2D eigenvalue weighted by Gasteiger charge is 2.28. The monoisotopic (exact) mass is 274 g/mol. The number of pyridine rings is 1. The Morgan fingerprint density at radius 1 is 1.47 bits per heavy atom. The number of aromatic nitrogens is 1. The number of hydrogen-bond acceptors (Lipinski definition) is 2. The Kier molecular flexibility index (Phi) is 5.22. The van der Waals surface area contributed by atoms with Crippen LogP contribution in [0.4, 0.5) is 0 Å². The van der Waals surface area contributed by atoms with Gasteiger partial charge in [0.05, 0.1) is 16.1 Å². The lowest BCUT2D eigenvalue weighted by atomic mass is 9.95. The molecular weight excluding hydrogens is 259 g/mol. The van der Waals surface area contributed by atoms with Gasteiger partial charge in [0.1, 0.15) is 0 Å². The molecule has 1 amide bonds. The summed E-state index contributed by atoms with van der Waals surface area (Å²) >= 11 is 11.9. The van der Waals surface area contributed by atoms with E-state index in [4.69, 9.17) is 23.2 Å². The van der Waals surface area contributed by atoms with Crippen molar-refractivity contribution in [3.63, 3.8) is 0 Å². The molecular formula is C12H16Cl2N2O. The third kappa shape index (κ3) is 3.33. The SMILES string of the molecule is CCC(CC)(CCl)NC(=O)c1ccncc1Cl. The van der Waals surface area contributed by atoms with Crippen LogP contribution in [0.3, 0.4) is 0 Å². The van der Waals surface area contributed by atoms with Gasteiger partial charge in [0.2, 0.25) is 0 Å². The Bertz CT molecular complexity index is 384. The van der Waals surface area contributed by atoms with E-state index in [0.717, 1.165) is 12.8 Å². The Morgan fingerprint density at radius 2 is 2.12 bits per heavy atom. The normalized spacial score (nSPS) is 11.3. The summed E-state index contributed by atoms with van der Waals surface area (Å²) in [5, 5.41) is 3.30. The van der Waals surface area contributed by atoms with Gasteiger partial charge in [-0.05, 0) is 18.9 Å². The van der Waals surface area contributed by atoms with Crippen molar-refractivity contribution in [3.8, 4) is 0 Å². The predicted octanol–water partition coefficient (Wildman–Crippen LogP) is 3.26. The molecule has 0 unspecified atom stereocenters. The van der Waals surface area contributed by atoms with Crippen LogP contribution in [0.15, 0.2) is 18.5 Å². The lowest BCUT2D eigenvalue weighted by molar-refractivity contribution is 0.0902. The first kappa shape index (κ1) is 14.3. The van der Waals surface area contributed by atoms with Gasteiger partial charge in [0, 0.05) is 18.3 Å². The lowest BCUT2D eigenvalue weighted by Gasteiger charge is -2.30. The first-order valence-electron chi connectivity index (χ1n) is 5.56. The molecule has 0 atom stereocenters. The quantitative estimate of drug-likeness (QED) is 0.838. The minimum absolute atomic E-state index is 0.207. The maximum absolute atomic E-state index is 12.1. The molecule has 0 bridgehead atoms. The molecule has 1 N–H and O–H groups in total. The first-order chi connectivity index (χ1) is 8.08. The average molecular weight is 275 g/mol. The van der Waals surface area contributed by atoms with E-state index in [1.807, 2.05) is 13.8 Å². The molecule has 5 heteroatoms. The summed E-state index contributed by atoms with van der Waals surface area (Å²) in [5.41, 5.74) is 0.0590. The van der Waals surface area contributed by atoms with Gasteiger partial charge in [-0.1, -0.05) is 25.4 Å². The fraction of sp³-hybridized carbons (Fsp3) is 0.500. The Hall–Kier alpha value is -0.800. The zero-order valence-corrected chi connectivity index (χ0v) is 11.5. The second kappa shape index (κ2) is 6.22. The number of carbonyl (C=O) groups excluding carboxylic acids is 1. The molecule has 1 heterocycles. The third-order valence-corrected chi connectivity index (χ3v) is 3.82. The standard InChI is InChI=1S/C12H16Cl2N2O/c1-3-12(4-2,8-13)16-11(17)9-5-6-15-7-10(9)14/h5-7H,3-4,8H2,1-2H3,(H,16,17). The number of hydrogen-bond donors (Lipinski definition) is 1. The van der Waals surface area contributed by atoms with Gasteiger partial charge in [-0.15, -0.1) is 11.6 Å². The Morgan fingerprint density at radius 3 is 2.59 bits per heavy atom. The minimum atomic E-state index is -0.370. The fourth-order valence-corrected chi connectivity index (χ4v) is 2.17. The van der Waals surface area contributed by atoms with Gasteiger partial charge in [0.25, 0.3) is 5.91 Å². The van der Waals surface area contributed by atoms with Crippen molar-refractivity contribution < 1.29 is 4.79 Å². The van der Waals surface area contributed by atoms with Crippen LogP contribution in [0.5, 0.6) is 0 Å². The van der Waals surface area contributed by atoms with E-state index in [1.165, 1.54) is 6.20 Å². The molecule has 0 fully saturated rings. The molecule has 0 saturated carbocycles. The highest BCUT2D eigenvalue weighted by atomic mass is 35.5. The molecule has 3 nitrogen and oxygen atoms in total. The molecule has 0 radical (unpaired) electrons. The van der Waals surface area contributed by atoms with Crippen molar-refractivity contribution in [2.45, 2.75) is 32.2 Å². The van der Waals surface area contributed by atoms with E-state index in [-0.39, 0.29) is 11.4 Å². The van der Waals surface area contributed by atoms with Crippen molar-refractivity contribution >= 4 is 29.1 Å². The van der Waals surface area contributed by atoms with Gasteiger partial charge in [0.15, 0.2) is 0 Å². The van der Waals surface area contributed by atoms with Crippen LogP contribution in [0.2, 0.25) is 5.02 Å². The Balaban J connectivity index is 2.89. The molecule has 17 heavy (non-hydrogen) atoms. The number of nitrogens with one attached hydrogen (secondary N) is 1. The highest BCUT2D eigenvalue weighted by molar-refractivity contribution is 6.33. The van der Waals surface area contributed by atoms with Crippen LogP contribution < -0.4 is 5.32 Å². The number of halogens is 2. The summed E-state index contributed by atoms with van der Waals surface area (Å²) in [6.07, 6.45) is 4.56. The average Bonchev–Trinajstić information content (AvgIpc) is 2.36. The molecule has 1 rings (SSSR count). The van der Waals surface area contributed by atoms with Crippen molar-refractivity contribution in [1.82, 2.24) is 10.3 Å². The van der Waals surface area contributed by atoms with Crippen LogP contribution >= 0.6 is 23.2 Å². The number of carbonyl (C=O) groups is 1. The van der Waals surface area contributed by atoms with Gasteiger partial charge < -0.3 is 5.32 Å². The molecule has 0 aromatic carbocycles. The molecule has 0 aliphatic carbocycles. The predicted molar refractivity (Wildman–Crippen MR) is 70.7 cm³/mol. The van der Waals surface area contributed by atoms with Crippen molar-refractivity contribution in [2.24, 2.45) is 0 Å². The molecule has 1 aromatic heterocycles. The zero-order chi connectivity index (χ0) is 12.9. The van der Waals surface area contributed by atoms with Gasteiger partial charge in [-0.25, -0.2) is 0 Å². The van der Waals surface area contributed by atoms with Crippen LogP contribution in [0.25, 0.3) is 0 Å². The smallest absolute Gasteiger partial charge is 0.253 e. The summed E-state index contributed by atoms with van der Waals surface area (Å²) in [6.45, 7) is 4.00. The van der Waals surface area contributed by atoms with Crippen LogP contribution in [0.1, 0.15) is 37.0 Å². The summed E-state index contributed by atoms with van der Waals surface area (Å²) in [6, 6.07) is 1.60. The lowest BCUT2D eigenvalue weighted by Crippen LogP contribution is -2.49. The number of nitrogens with zero attached hydrogens (tertiary/aromatic N) is 1. The number of amides is 1. The van der Waals surface area contributed by atoms with Gasteiger partial charge in [-0.2, -0.15) is 0 Å². The zero-order valence-electron chi connectivity index (χ0n) is 9.96. The first-order valence-corrected chi connectivity index (χ1v) is 6.47. The van der Waals surface area contributed by atoms with Crippen LogP contribution in [-0.2, 0) is 0 Å². The van der Waals surface area contributed by atoms with Crippen LogP contribution in [-0.4, -0.2) is 22.3 Å². The largest absolute Gasteiger partial charge is 0.345 e. The fourth-order valence-electron chi connectivity index (χ4n) is 1.52. The summed E-state index contributed by atoms with van der Waals surface area (Å²) in [7, 11) is 0. The Labute approximate surface area is 112 Å². The molecule has 1 aromatic rings. The summed E-state index contributed by atoms with van der Waals surface area (Å²) in [4.78, 5) is 15.9. The highest BCUT2D eigenvalue weighted by Crippen LogP contribution is 2.20. The molecule has 94 valence electrons. The maximum Gasteiger partial charge on any atom is 0.253 e. The van der Waals surface area contributed by atoms with E-state index in [2.05, 4.69) is 10.3 Å². The topological polar surface area (TPSA) is 42.0 Å². The van der Waals surface area contributed by atoms with Gasteiger partial charge in [-0.3, -0.25) is 9.78 Å². The van der Waals surface area contributed by atoms with E-state index >= 15 is 0 Å². The molecule has 0 saturated heterocycles. The van der Waals surface area contributed by atoms with Crippen molar-refractivity contribution in [1.29, 1.82) is 0 Å². The third-order valence-electron chi connectivity index (χ3n) is 3.01. The van der Waals surface area contributed by atoms with E-state index < -0.39 is 0 Å². The molecule has 0 aliphatic heterocycles. The van der Waals surface area contributed by atoms with Crippen molar-refractivity contribution in [2.75, 3.05) is 5.88 Å². The molecule has 0 aliphatic rings. The van der Waals surface area contributed by atoms with E-state index in [0.29, 0.717) is 16.5 Å². The van der Waals surface area contributed by atoms with Gasteiger partial charge >= 0.3 is 0 Å². The summed E-state index contributed by atoms with van der Waals surface area (Å²) < 4.78 is 0. The second-order valence-corrected chi connectivity index (χ2v) is 4.61. The maximum atomic E-state index is 12.1. The number of rotatable bonds is 5. The minimum Gasteiger partial charge on any atom is -0.345 e. The summed E-state index contributed by atoms with van der Waals surface area (Å²) in [5.74, 6) is 0.177. The second-order valence-electron chi connectivity index (χ2n) is 3.93. The molecule has 0 spiro atoms.